The van der Waals surface area contributed by atoms with E-state index >= 15 is 0 Å². The van der Waals surface area contributed by atoms with E-state index in [2.05, 4.69) is 20.6 Å². The van der Waals surface area contributed by atoms with Crippen molar-refractivity contribution in [3.05, 3.63) is 59.7 Å². The van der Waals surface area contributed by atoms with Crippen molar-refractivity contribution in [2.75, 3.05) is 10.6 Å². The van der Waals surface area contributed by atoms with Crippen molar-refractivity contribution in [1.82, 2.24) is 9.97 Å². The number of carbonyl (C=O) groups is 2. The second-order valence-corrected chi connectivity index (χ2v) is 7.88. The van der Waals surface area contributed by atoms with Gasteiger partial charge in [-0.1, -0.05) is 26.8 Å². The maximum Gasteiger partial charge on any atom is 0.257 e. The Kier molecular flexibility index (Phi) is 5.32. The van der Waals surface area contributed by atoms with E-state index in [4.69, 9.17) is 0 Å². The molecule has 3 aromatic rings. The van der Waals surface area contributed by atoms with Crippen molar-refractivity contribution < 1.29 is 9.59 Å². The third kappa shape index (κ3) is 4.77. The zero-order valence-electron chi connectivity index (χ0n) is 15.3. The molecule has 3 rings (SSSR count). The number of nitrogens with one attached hydrogen (secondary N) is 2. The second kappa shape index (κ2) is 7.67. The van der Waals surface area contributed by atoms with E-state index in [0.717, 1.165) is 11.3 Å². The normalized spacial score (nSPS) is 11.1. The molecule has 0 aliphatic carbocycles. The minimum absolute atomic E-state index is 0.110. The molecule has 2 heterocycles. The molecule has 7 heteroatoms. The molecule has 2 aromatic heterocycles. The number of thiazole rings is 1. The van der Waals surface area contributed by atoms with Crippen LogP contribution in [0.15, 0.2) is 54.2 Å². The molecular formula is C20H20N4O2S. The summed E-state index contributed by atoms with van der Waals surface area (Å²) in [6, 6.07) is 10.6. The molecule has 0 atom stereocenters. The molecule has 0 bridgehead atoms. The Labute approximate surface area is 161 Å². The summed E-state index contributed by atoms with van der Waals surface area (Å²) >= 11 is 1.35. The fourth-order valence-electron chi connectivity index (χ4n) is 2.20. The van der Waals surface area contributed by atoms with Gasteiger partial charge in [0.25, 0.3) is 5.91 Å². The van der Waals surface area contributed by atoms with E-state index in [9.17, 15) is 9.59 Å². The number of hydrogen-bond donors (Lipinski definition) is 2. The van der Waals surface area contributed by atoms with Crippen LogP contribution in [0.4, 0.5) is 10.8 Å². The van der Waals surface area contributed by atoms with Crippen molar-refractivity contribution in [3.8, 4) is 11.3 Å². The molecule has 0 unspecified atom stereocenters. The third-order valence-corrected chi connectivity index (χ3v) is 4.50. The Morgan fingerprint density at radius 2 is 1.89 bits per heavy atom. The summed E-state index contributed by atoms with van der Waals surface area (Å²) in [5.41, 5.74) is 2.16. The van der Waals surface area contributed by atoms with Crippen molar-refractivity contribution in [2.24, 2.45) is 5.41 Å². The minimum atomic E-state index is -0.512. The summed E-state index contributed by atoms with van der Waals surface area (Å²) in [4.78, 5) is 33.1. The Morgan fingerprint density at radius 1 is 1.07 bits per heavy atom. The van der Waals surface area contributed by atoms with Gasteiger partial charge < -0.3 is 5.32 Å². The fourth-order valence-corrected chi connectivity index (χ4v) is 2.92. The molecule has 6 nitrogen and oxygen atoms in total. The Bertz CT molecular complexity index is 961. The van der Waals surface area contributed by atoms with Crippen LogP contribution in [0.25, 0.3) is 11.3 Å². The number of benzene rings is 1. The molecule has 0 fully saturated rings. The lowest BCUT2D eigenvalue weighted by Gasteiger charge is -2.17. The molecule has 0 radical (unpaired) electrons. The van der Waals surface area contributed by atoms with Crippen molar-refractivity contribution in [2.45, 2.75) is 20.8 Å². The maximum absolute atomic E-state index is 12.5. The van der Waals surface area contributed by atoms with Gasteiger partial charge in [-0.25, -0.2) is 4.98 Å². The minimum Gasteiger partial charge on any atom is -0.326 e. The number of rotatable bonds is 4. The molecule has 2 amide bonds. The standard InChI is InChI=1S/C20H20N4O2S/c1-20(2,3)18(26)22-15-8-4-6-13(10-15)17(25)24-19-23-16(12-27-19)14-7-5-9-21-11-14/h4-12H,1-3H3,(H,22,26)(H,23,24,25). The van der Waals surface area contributed by atoms with E-state index in [1.54, 1.807) is 36.7 Å². The van der Waals surface area contributed by atoms with Crippen molar-refractivity contribution in [1.29, 1.82) is 0 Å². The SMILES string of the molecule is CC(C)(C)C(=O)Nc1cccc(C(=O)Nc2nc(-c3cccnc3)cs2)c1. The van der Waals surface area contributed by atoms with Crippen molar-refractivity contribution >= 4 is 34.0 Å². The largest absolute Gasteiger partial charge is 0.326 e. The van der Waals surface area contributed by atoms with Crippen LogP contribution in [0.1, 0.15) is 31.1 Å². The number of nitrogens with zero attached hydrogens (tertiary/aromatic N) is 2. The third-order valence-electron chi connectivity index (χ3n) is 3.75. The molecular weight excluding hydrogens is 360 g/mol. The predicted molar refractivity (Wildman–Crippen MR) is 108 cm³/mol. The lowest BCUT2D eigenvalue weighted by molar-refractivity contribution is -0.123. The molecule has 0 spiro atoms. The average molecular weight is 380 g/mol. The zero-order valence-corrected chi connectivity index (χ0v) is 16.1. The topological polar surface area (TPSA) is 84.0 Å². The predicted octanol–water partition coefficient (Wildman–Crippen LogP) is 4.44. The van der Waals surface area contributed by atoms with Crippen LogP contribution in [-0.4, -0.2) is 21.8 Å². The molecule has 0 saturated heterocycles. The number of carbonyl (C=O) groups excluding carboxylic acids is 2. The lowest BCUT2D eigenvalue weighted by atomic mass is 9.95. The van der Waals surface area contributed by atoms with Gasteiger partial charge in [-0.2, -0.15) is 0 Å². The summed E-state index contributed by atoms with van der Waals surface area (Å²) in [6.07, 6.45) is 3.42. The van der Waals surface area contributed by atoms with Crippen molar-refractivity contribution in [3.63, 3.8) is 0 Å². The molecule has 0 aliphatic heterocycles. The first-order valence-corrected chi connectivity index (χ1v) is 9.30. The molecule has 1 aromatic carbocycles. The first-order valence-electron chi connectivity index (χ1n) is 8.42. The number of aromatic nitrogens is 2. The van der Waals surface area contributed by atoms with Crippen LogP contribution in [0.3, 0.4) is 0 Å². The first-order chi connectivity index (χ1) is 12.8. The van der Waals surface area contributed by atoms with Gasteiger partial charge in [0, 0.05) is 40.0 Å². The average Bonchev–Trinajstić information content (AvgIpc) is 3.10. The quantitative estimate of drug-likeness (QED) is 0.701. The Morgan fingerprint density at radius 3 is 2.59 bits per heavy atom. The van der Waals surface area contributed by atoms with Crippen LogP contribution < -0.4 is 10.6 Å². The summed E-state index contributed by atoms with van der Waals surface area (Å²) in [5.74, 6) is -0.393. The molecule has 2 N–H and O–H groups in total. The van der Waals surface area contributed by atoms with Gasteiger partial charge in [-0.05, 0) is 30.3 Å². The number of hydrogen-bond acceptors (Lipinski definition) is 5. The molecule has 138 valence electrons. The van der Waals surface area contributed by atoms with Gasteiger partial charge in [0.1, 0.15) is 0 Å². The van der Waals surface area contributed by atoms with Gasteiger partial charge in [0.05, 0.1) is 5.69 Å². The van der Waals surface area contributed by atoms with Gasteiger partial charge in [-0.3, -0.25) is 19.9 Å². The fraction of sp³-hybridized carbons (Fsp3) is 0.200. The second-order valence-electron chi connectivity index (χ2n) is 7.02. The molecule has 27 heavy (non-hydrogen) atoms. The molecule has 0 aliphatic rings. The monoisotopic (exact) mass is 380 g/mol. The van der Waals surface area contributed by atoms with E-state index in [0.29, 0.717) is 16.4 Å². The van der Waals surface area contributed by atoms with Gasteiger partial charge in [-0.15, -0.1) is 11.3 Å². The first kappa shape index (κ1) is 18.7. The summed E-state index contributed by atoms with van der Waals surface area (Å²) < 4.78 is 0. The Hall–Kier alpha value is -3.06. The van der Waals surface area contributed by atoms with Gasteiger partial charge in [0.2, 0.25) is 5.91 Å². The van der Waals surface area contributed by atoms with E-state index < -0.39 is 5.41 Å². The van der Waals surface area contributed by atoms with Crippen LogP contribution in [0.2, 0.25) is 0 Å². The number of anilines is 2. The smallest absolute Gasteiger partial charge is 0.257 e. The maximum atomic E-state index is 12.5. The van der Waals surface area contributed by atoms with Gasteiger partial charge >= 0.3 is 0 Å². The van der Waals surface area contributed by atoms with Crippen LogP contribution in [0.5, 0.6) is 0 Å². The lowest BCUT2D eigenvalue weighted by Crippen LogP contribution is -2.27. The van der Waals surface area contributed by atoms with Gasteiger partial charge in [0.15, 0.2) is 5.13 Å². The number of pyridine rings is 1. The Balaban J connectivity index is 1.71. The highest BCUT2D eigenvalue weighted by atomic mass is 32.1. The zero-order chi connectivity index (χ0) is 19.4. The van der Waals surface area contributed by atoms with E-state index in [-0.39, 0.29) is 11.8 Å². The summed E-state index contributed by atoms with van der Waals surface area (Å²) in [7, 11) is 0. The highest BCUT2D eigenvalue weighted by Gasteiger charge is 2.21. The summed E-state index contributed by atoms with van der Waals surface area (Å²) in [6.45, 7) is 5.50. The van der Waals surface area contributed by atoms with Crippen LogP contribution in [-0.2, 0) is 4.79 Å². The van der Waals surface area contributed by atoms with Crippen LogP contribution in [0, 0.1) is 5.41 Å². The number of amides is 2. The highest BCUT2D eigenvalue weighted by Crippen LogP contribution is 2.25. The van der Waals surface area contributed by atoms with E-state index in [1.165, 1.54) is 11.3 Å². The summed E-state index contributed by atoms with van der Waals surface area (Å²) in [5, 5.41) is 7.99. The van der Waals surface area contributed by atoms with E-state index in [1.807, 2.05) is 38.3 Å². The van der Waals surface area contributed by atoms with Crippen LogP contribution >= 0.6 is 11.3 Å². The molecule has 0 saturated carbocycles. The highest BCUT2D eigenvalue weighted by molar-refractivity contribution is 7.14.